The first kappa shape index (κ1) is 20.9. The Kier molecular flexibility index (Phi) is 9.33. The van der Waals surface area contributed by atoms with Crippen LogP contribution in [0, 0.1) is 5.92 Å². The molecule has 0 radical (unpaired) electrons. The highest BCUT2D eigenvalue weighted by molar-refractivity contribution is 5.85. The summed E-state index contributed by atoms with van der Waals surface area (Å²) >= 11 is 0. The van der Waals surface area contributed by atoms with Gasteiger partial charge in [0.25, 0.3) is 0 Å². The smallest absolute Gasteiger partial charge is 0.237 e. The van der Waals surface area contributed by atoms with Gasteiger partial charge in [0.1, 0.15) is 0 Å². The molecule has 0 aliphatic carbocycles. The van der Waals surface area contributed by atoms with E-state index in [2.05, 4.69) is 41.4 Å². The third-order valence-electron chi connectivity index (χ3n) is 3.89. The lowest BCUT2D eigenvalue weighted by atomic mass is 10.0. The van der Waals surface area contributed by atoms with Gasteiger partial charge in [0.15, 0.2) is 0 Å². The highest BCUT2D eigenvalue weighted by Gasteiger charge is 2.20. The second-order valence-electron chi connectivity index (χ2n) is 6.09. The Labute approximate surface area is 140 Å². The monoisotopic (exact) mass is 327 g/mol. The van der Waals surface area contributed by atoms with Crippen molar-refractivity contribution in [2.24, 2.45) is 11.7 Å². The number of hydrogen-bond donors (Lipinski definition) is 2. The van der Waals surface area contributed by atoms with Crippen LogP contribution in [0.15, 0.2) is 24.3 Å². The summed E-state index contributed by atoms with van der Waals surface area (Å²) in [5, 5.41) is 2.97. The first-order valence-electron chi connectivity index (χ1n) is 7.65. The molecule has 1 aromatic rings. The Hall–Kier alpha value is -1.10. The van der Waals surface area contributed by atoms with Crippen LogP contribution in [0.3, 0.4) is 0 Å². The molecule has 0 fully saturated rings. The third kappa shape index (κ3) is 5.95. The third-order valence-corrected chi connectivity index (χ3v) is 3.89. The van der Waals surface area contributed by atoms with E-state index in [9.17, 15) is 4.79 Å². The number of nitrogens with one attached hydrogen (secondary N) is 1. The fraction of sp³-hybridized carbons (Fsp3) is 0.588. The molecular formula is C17H30ClN3O. The van der Waals surface area contributed by atoms with Crippen molar-refractivity contribution in [2.45, 2.75) is 39.3 Å². The molecule has 2 atom stereocenters. The van der Waals surface area contributed by atoms with E-state index in [1.165, 1.54) is 11.1 Å². The Morgan fingerprint density at radius 1 is 1.23 bits per heavy atom. The molecule has 0 heterocycles. The minimum atomic E-state index is -0.449. The highest BCUT2D eigenvalue weighted by Crippen LogP contribution is 2.18. The van der Waals surface area contributed by atoms with Gasteiger partial charge in [0, 0.05) is 6.54 Å². The number of halogens is 1. The van der Waals surface area contributed by atoms with Gasteiger partial charge in [-0.2, -0.15) is 0 Å². The number of rotatable bonds is 7. The average Bonchev–Trinajstić information content (AvgIpc) is 2.46. The second-order valence-corrected chi connectivity index (χ2v) is 6.09. The molecule has 0 aliphatic rings. The van der Waals surface area contributed by atoms with Gasteiger partial charge < -0.3 is 16.0 Å². The Bertz CT molecular complexity index is 446. The zero-order chi connectivity index (χ0) is 16.0. The van der Waals surface area contributed by atoms with E-state index in [0.29, 0.717) is 6.54 Å². The van der Waals surface area contributed by atoms with E-state index in [0.717, 1.165) is 6.42 Å². The number of hydrogen-bond acceptors (Lipinski definition) is 3. The molecule has 1 amide bonds. The van der Waals surface area contributed by atoms with E-state index in [4.69, 9.17) is 5.73 Å². The molecule has 126 valence electrons. The Morgan fingerprint density at radius 3 is 2.18 bits per heavy atom. The molecule has 22 heavy (non-hydrogen) atoms. The molecule has 1 rings (SSSR count). The first-order chi connectivity index (χ1) is 9.86. The van der Waals surface area contributed by atoms with Crippen LogP contribution in [-0.2, 0) is 11.2 Å². The maximum atomic E-state index is 12.0. The summed E-state index contributed by atoms with van der Waals surface area (Å²) in [6, 6.07) is 8.27. The summed E-state index contributed by atoms with van der Waals surface area (Å²) in [4.78, 5) is 14.1. The van der Waals surface area contributed by atoms with Crippen molar-refractivity contribution in [2.75, 3.05) is 20.6 Å². The minimum absolute atomic E-state index is 0. The summed E-state index contributed by atoms with van der Waals surface area (Å²) in [6.07, 6.45) is 1.03. The lowest BCUT2D eigenvalue weighted by Crippen LogP contribution is -2.46. The predicted molar refractivity (Wildman–Crippen MR) is 95.3 cm³/mol. The minimum Gasteiger partial charge on any atom is -0.353 e. The van der Waals surface area contributed by atoms with Gasteiger partial charge in [-0.15, -0.1) is 12.4 Å². The van der Waals surface area contributed by atoms with Crippen LogP contribution in [0.1, 0.15) is 37.9 Å². The van der Waals surface area contributed by atoms with Gasteiger partial charge in [-0.3, -0.25) is 4.79 Å². The molecule has 0 bridgehead atoms. The molecule has 0 saturated heterocycles. The topological polar surface area (TPSA) is 58.4 Å². The number of likely N-dealkylation sites (N-methyl/N-ethyl adjacent to an activating group) is 1. The number of nitrogens with two attached hydrogens (primary N) is 1. The average molecular weight is 328 g/mol. The summed E-state index contributed by atoms with van der Waals surface area (Å²) in [5.41, 5.74) is 8.40. The van der Waals surface area contributed by atoms with Gasteiger partial charge in [-0.1, -0.05) is 45.0 Å². The molecule has 0 saturated carbocycles. The van der Waals surface area contributed by atoms with Gasteiger partial charge in [-0.25, -0.2) is 0 Å². The maximum absolute atomic E-state index is 12.0. The van der Waals surface area contributed by atoms with E-state index in [1.54, 1.807) is 0 Å². The lowest BCUT2D eigenvalue weighted by Gasteiger charge is -2.26. The largest absolute Gasteiger partial charge is 0.353 e. The van der Waals surface area contributed by atoms with Crippen molar-refractivity contribution in [1.29, 1.82) is 0 Å². The summed E-state index contributed by atoms with van der Waals surface area (Å²) in [5.74, 6) is 0.0636. The summed E-state index contributed by atoms with van der Waals surface area (Å²) in [7, 11) is 4.04. The summed E-state index contributed by atoms with van der Waals surface area (Å²) in [6.45, 7) is 6.62. The highest BCUT2D eigenvalue weighted by atomic mass is 35.5. The maximum Gasteiger partial charge on any atom is 0.237 e. The van der Waals surface area contributed by atoms with E-state index >= 15 is 0 Å². The van der Waals surface area contributed by atoms with Gasteiger partial charge in [0.2, 0.25) is 5.91 Å². The van der Waals surface area contributed by atoms with Gasteiger partial charge in [0.05, 0.1) is 12.1 Å². The van der Waals surface area contributed by atoms with Crippen molar-refractivity contribution in [1.82, 2.24) is 10.2 Å². The van der Waals surface area contributed by atoms with Crippen LogP contribution in [0.25, 0.3) is 0 Å². The fourth-order valence-corrected chi connectivity index (χ4v) is 2.19. The van der Waals surface area contributed by atoms with Crippen molar-refractivity contribution in [3.8, 4) is 0 Å². The molecule has 4 nitrogen and oxygen atoms in total. The number of aryl methyl sites for hydroxylation is 1. The number of amides is 1. The van der Waals surface area contributed by atoms with E-state index in [-0.39, 0.29) is 30.3 Å². The van der Waals surface area contributed by atoms with Gasteiger partial charge in [-0.05, 0) is 37.6 Å². The molecule has 5 heteroatoms. The van der Waals surface area contributed by atoms with Gasteiger partial charge >= 0.3 is 0 Å². The number of carbonyl (C=O) groups is 1. The van der Waals surface area contributed by atoms with Crippen molar-refractivity contribution in [3.63, 3.8) is 0 Å². The molecule has 1 aromatic carbocycles. The van der Waals surface area contributed by atoms with Crippen LogP contribution >= 0.6 is 12.4 Å². The SMILES string of the molecule is CCc1ccc(C(CNC(=O)[C@@H](N)C(C)C)N(C)C)cc1.Cl. The van der Waals surface area contributed by atoms with Crippen LogP contribution in [0.2, 0.25) is 0 Å². The zero-order valence-electron chi connectivity index (χ0n) is 14.3. The van der Waals surface area contributed by atoms with Crippen molar-refractivity contribution < 1.29 is 4.79 Å². The predicted octanol–water partition coefficient (Wildman–Crippen LogP) is 2.37. The van der Waals surface area contributed by atoms with Crippen LogP contribution < -0.4 is 11.1 Å². The molecular weight excluding hydrogens is 298 g/mol. The standard InChI is InChI=1S/C17H29N3O.ClH/c1-6-13-7-9-14(10-8-13)15(20(4)5)11-19-17(21)16(18)12(2)3;/h7-10,12,15-16H,6,11,18H2,1-5H3,(H,19,21);1H/t15?,16-;/m0./s1. The molecule has 0 spiro atoms. The van der Waals surface area contributed by atoms with E-state index < -0.39 is 6.04 Å². The molecule has 0 aliphatic heterocycles. The normalized spacial score (nSPS) is 13.6. The molecule has 3 N–H and O–H groups in total. The zero-order valence-corrected chi connectivity index (χ0v) is 15.1. The summed E-state index contributed by atoms with van der Waals surface area (Å²) < 4.78 is 0. The van der Waals surface area contributed by atoms with Crippen molar-refractivity contribution in [3.05, 3.63) is 35.4 Å². The molecule has 1 unspecified atom stereocenters. The quantitative estimate of drug-likeness (QED) is 0.808. The first-order valence-corrected chi connectivity index (χ1v) is 7.65. The van der Waals surface area contributed by atoms with Crippen LogP contribution in [-0.4, -0.2) is 37.5 Å². The Balaban J connectivity index is 0.00000441. The molecule has 0 aromatic heterocycles. The number of nitrogens with zero attached hydrogens (tertiary/aromatic N) is 1. The van der Waals surface area contributed by atoms with E-state index in [1.807, 2.05) is 27.9 Å². The lowest BCUT2D eigenvalue weighted by molar-refractivity contribution is -0.123. The number of carbonyl (C=O) groups excluding carboxylic acids is 1. The van der Waals surface area contributed by atoms with Crippen LogP contribution in [0.4, 0.5) is 0 Å². The fourth-order valence-electron chi connectivity index (χ4n) is 2.19. The Morgan fingerprint density at radius 2 is 1.77 bits per heavy atom. The second kappa shape index (κ2) is 9.82. The van der Waals surface area contributed by atoms with Crippen LogP contribution in [0.5, 0.6) is 0 Å². The number of benzene rings is 1. The van der Waals surface area contributed by atoms with Crippen molar-refractivity contribution >= 4 is 18.3 Å².